The summed E-state index contributed by atoms with van der Waals surface area (Å²) in [5.41, 5.74) is 2.88. The van der Waals surface area contributed by atoms with Crippen molar-refractivity contribution in [2.45, 2.75) is 38.5 Å². The molecule has 1 aliphatic rings. The van der Waals surface area contributed by atoms with Crippen molar-refractivity contribution in [1.29, 1.82) is 5.26 Å². The number of rotatable bonds is 7. The van der Waals surface area contributed by atoms with Crippen molar-refractivity contribution in [2.24, 2.45) is 0 Å². The van der Waals surface area contributed by atoms with Gasteiger partial charge in [0.25, 0.3) is 0 Å². The predicted molar refractivity (Wildman–Crippen MR) is 88.4 cm³/mol. The second-order valence-corrected chi connectivity index (χ2v) is 5.60. The van der Waals surface area contributed by atoms with Gasteiger partial charge in [-0.15, -0.1) is 0 Å². The minimum atomic E-state index is -0.00547. The van der Waals surface area contributed by atoms with E-state index >= 15 is 0 Å². The molecule has 0 heterocycles. The highest BCUT2D eigenvalue weighted by molar-refractivity contribution is 5.90. The summed E-state index contributed by atoms with van der Waals surface area (Å²) in [6.07, 6.45) is 9.02. The third-order valence-electron chi connectivity index (χ3n) is 3.83. The predicted octanol–water partition coefficient (Wildman–Crippen LogP) is 3.37. The zero-order valence-electron chi connectivity index (χ0n) is 12.9. The van der Waals surface area contributed by atoms with Crippen LogP contribution in [-0.2, 0) is 4.79 Å². The smallest absolute Gasteiger partial charge is 0.225 e. The molecule has 0 aromatic heterocycles. The van der Waals surface area contributed by atoms with Gasteiger partial charge in [-0.05, 0) is 62.9 Å². The van der Waals surface area contributed by atoms with Gasteiger partial charge in [-0.3, -0.25) is 4.79 Å². The van der Waals surface area contributed by atoms with E-state index in [-0.39, 0.29) is 5.91 Å². The maximum atomic E-state index is 11.8. The molecule has 116 valence electrons. The Morgan fingerprint density at radius 3 is 2.68 bits per heavy atom. The Bertz CT molecular complexity index is 555. The summed E-state index contributed by atoms with van der Waals surface area (Å²) in [5.74, 6) is -0.00547. The first-order valence-corrected chi connectivity index (χ1v) is 7.96. The zero-order chi connectivity index (χ0) is 15.6. The van der Waals surface area contributed by atoms with Crippen LogP contribution < -0.4 is 10.6 Å². The summed E-state index contributed by atoms with van der Waals surface area (Å²) in [7, 11) is 0. The van der Waals surface area contributed by atoms with Crippen LogP contribution >= 0.6 is 0 Å². The number of allylic oxidation sites excluding steroid dienone is 1. The minimum Gasteiger partial charge on any atom is -0.326 e. The Hall–Kier alpha value is -2.12. The molecule has 1 amide bonds. The van der Waals surface area contributed by atoms with Gasteiger partial charge in [0.15, 0.2) is 0 Å². The van der Waals surface area contributed by atoms with E-state index in [1.165, 1.54) is 25.7 Å². The molecule has 1 aliphatic carbocycles. The number of amides is 1. The standard InChI is InChI=1S/C18H23N3O/c19-14-16-6-8-17(9-7-16)21-18(22)11-13-20-12-10-15-4-2-1-3-5-15/h4,6-9,20H,1-3,5,10-13H2,(H,21,22). The average molecular weight is 297 g/mol. The Kier molecular flexibility index (Phi) is 6.66. The quantitative estimate of drug-likeness (QED) is 0.599. The number of benzene rings is 1. The number of nitrogens with zero attached hydrogens (tertiary/aromatic N) is 1. The number of carbonyl (C=O) groups is 1. The van der Waals surface area contributed by atoms with Crippen LogP contribution in [0.15, 0.2) is 35.9 Å². The molecule has 0 fully saturated rings. The lowest BCUT2D eigenvalue weighted by Gasteiger charge is -2.12. The van der Waals surface area contributed by atoms with Crippen LogP contribution in [-0.4, -0.2) is 19.0 Å². The monoisotopic (exact) mass is 297 g/mol. The van der Waals surface area contributed by atoms with Crippen LogP contribution in [0.3, 0.4) is 0 Å². The Morgan fingerprint density at radius 2 is 2.00 bits per heavy atom. The highest BCUT2D eigenvalue weighted by Gasteiger charge is 2.04. The van der Waals surface area contributed by atoms with Crippen LogP contribution in [0.4, 0.5) is 5.69 Å². The van der Waals surface area contributed by atoms with E-state index in [4.69, 9.17) is 5.26 Å². The molecule has 0 saturated carbocycles. The van der Waals surface area contributed by atoms with E-state index in [0.29, 0.717) is 18.5 Å². The number of carbonyl (C=O) groups excluding carboxylic acids is 1. The largest absolute Gasteiger partial charge is 0.326 e. The summed E-state index contributed by atoms with van der Waals surface area (Å²) in [6, 6.07) is 8.95. The molecule has 22 heavy (non-hydrogen) atoms. The third kappa shape index (κ3) is 5.71. The fourth-order valence-electron chi connectivity index (χ4n) is 2.56. The first kappa shape index (κ1) is 16.3. The number of anilines is 1. The summed E-state index contributed by atoms with van der Waals surface area (Å²) in [4.78, 5) is 11.8. The minimum absolute atomic E-state index is 0.00547. The number of hydrogen-bond acceptors (Lipinski definition) is 3. The SMILES string of the molecule is N#Cc1ccc(NC(=O)CCNCCC2=CCCCC2)cc1. The van der Waals surface area contributed by atoms with Crippen molar-refractivity contribution in [3.8, 4) is 6.07 Å². The molecule has 2 rings (SSSR count). The van der Waals surface area contributed by atoms with E-state index in [1.54, 1.807) is 29.8 Å². The van der Waals surface area contributed by atoms with Crippen molar-refractivity contribution in [3.05, 3.63) is 41.5 Å². The van der Waals surface area contributed by atoms with Crippen LogP contribution in [0, 0.1) is 11.3 Å². The van der Waals surface area contributed by atoms with Gasteiger partial charge in [-0.2, -0.15) is 5.26 Å². The van der Waals surface area contributed by atoms with E-state index in [0.717, 1.165) is 18.7 Å². The van der Waals surface area contributed by atoms with Gasteiger partial charge in [0, 0.05) is 18.7 Å². The lowest BCUT2D eigenvalue weighted by atomic mass is 9.97. The van der Waals surface area contributed by atoms with Gasteiger partial charge < -0.3 is 10.6 Å². The van der Waals surface area contributed by atoms with Crippen LogP contribution in [0.1, 0.15) is 44.1 Å². The highest BCUT2D eigenvalue weighted by Crippen LogP contribution is 2.19. The molecule has 0 unspecified atom stereocenters. The number of hydrogen-bond donors (Lipinski definition) is 2. The molecule has 0 bridgehead atoms. The lowest BCUT2D eigenvalue weighted by molar-refractivity contribution is -0.116. The Morgan fingerprint density at radius 1 is 1.18 bits per heavy atom. The molecule has 4 heteroatoms. The zero-order valence-corrected chi connectivity index (χ0v) is 12.9. The lowest BCUT2D eigenvalue weighted by Crippen LogP contribution is -2.23. The van der Waals surface area contributed by atoms with Gasteiger partial charge in [0.05, 0.1) is 11.6 Å². The van der Waals surface area contributed by atoms with Crippen molar-refractivity contribution in [2.75, 3.05) is 18.4 Å². The van der Waals surface area contributed by atoms with Crippen molar-refractivity contribution >= 4 is 11.6 Å². The van der Waals surface area contributed by atoms with Crippen molar-refractivity contribution < 1.29 is 4.79 Å². The molecule has 1 aromatic carbocycles. The summed E-state index contributed by atoms with van der Waals surface area (Å²) < 4.78 is 0. The van der Waals surface area contributed by atoms with Crippen LogP contribution in [0.2, 0.25) is 0 Å². The molecule has 0 aliphatic heterocycles. The Labute approximate surface area is 132 Å². The second kappa shape index (κ2) is 9.01. The van der Waals surface area contributed by atoms with E-state index in [1.807, 2.05) is 0 Å². The molecule has 0 saturated heterocycles. The molecule has 0 spiro atoms. The van der Waals surface area contributed by atoms with E-state index in [9.17, 15) is 4.79 Å². The van der Waals surface area contributed by atoms with Crippen LogP contribution in [0.25, 0.3) is 0 Å². The first-order chi connectivity index (χ1) is 10.8. The summed E-state index contributed by atoms with van der Waals surface area (Å²) >= 11 is 0. The highest BCUT2D eigenvalue weighted by atomic mass is 16.1. The molecule has 0 atom stereocenters. The van der Waals surface area contributed by atoms with E-state index in [2.05, 4.69) is 22.8 Å². The van der Waals surface area contributed by atoms with Gasteiger partial charge in [0.2, 0.25) is 5.91 Å². The topological polar surface area (TPSA) is 64.9 Å². The van der Waals surface area contributed by atoms with Crippen molar-refractivity contribution in [1.82, 2.24) is 5.32 Å². The van der Waals surface area contributed by atoms with E-state index < -0.39 is 0 Å². The fraction of sp³-hybridized carbons (Fsp3) is 0.444. The first-order valence-electron chi connectivity index (χ1n) is 7.96. The van der Waals surface area contributed by atoms with Gasteiger partial charge in [-0.1, -0.05) is 11.6 Å². The summed E-state index contributed by atoms with van der Waals surface area (Å²) in [5, 5.41) is 14.9. The van der Waals surface area contributed by atoms with Gasteiger partial charge in [0.1, 0.15) is 0 Å². The van der Waals surface area contributed by atoms with Crippen LogP contribution in [0.5, 0.6) is 0 Å². The normalized spacial score (nSPS) is 14.0. The fourth-order valence-corrected chi connectivity index (χ4v) is 2.56. The van der Waals surface area contributed by atoms with Crippen molar-refractivity contribution in [3.63, 3.8) is 0 Å². The molecular weight excluding hydrogens is 274 g/mol. The molecule has 4 nitrogen and oxygen atoms in total. The molecule has 1 aromatic rings. The molecule has 0 radical (unpaired) electrons. The van der Waals surface area contributed by atoms with Gasteiger partial charge in [-0.25, -0.2) is 0 Å². The molecule has 2 N–H and O–H groups in total. The summed E-state index contributed by atoms with van der Waals surface area (Å²) in [6.45, 7) is 1.63. The maximum absolute atomic E-state index is 11.8. The van der Waals surface area contributed by atoms with Gasteiger partial charge >= 0.3 is 0 Å². The molecular formula is C18H23N3O. The average Bonchev–Trinajstić information content (AvgIpc) is 2.56. The number of nitriles is 1. The second-order valence-electron chi connectivity index (χ2n) is 5.60. The maximum Gasteiger partial charge on any atom is 0.225 e. The third-order valence-corrected chi connectivity index (χ3v) is 3.83. The number of nitrogens with one attached hydrogen (secondary N) is 2. The Balaban J connectivity index is 1.59.